The number of ether oxygens (including phenoxy) is 2. The van der Waals surface area contributed by atoms with E-state index in [9.17, 15) is 26.4 Å². The minimum atomic E-state index is -4.97. The van der Waals surface area contributed by atoms with Crippen LogP contribution < -0.4 is 4.74 Å². The fourth-order valence-electron chi connectivity index (χ4n) is 3.72. The molecule has 0 radical (unpaired) electrons. The van der Waals surface area contributed by atoms with Gasteiger partial charge >= 0.3 is 12.3 Å². The van der Waals surface area contributed by atoms with Crippen LogP contribution in [0.15, 0.2) is 71.6 Å². The number of hydrogen-bond acceptors (Lipinski definition) is 5. The first-order valence-electron chi connectivity index (χ1n) is 10.2. The lowest BCUT2D eigenvalue weighted by molar-refractivity contribution is -0.274. The molecule has 0 saturated heterocycles. The minimum Gasteiger partial charge on any atom is -0.465 e. The number of hydrogen-bond donors (Lipinski definition) is 0. The third kappa shape index (κ3) is 5.02. The van der Waals surface area contributed by atoms with Gasteiger partial charge in [-0.25, -0.2) is 17.2 Å². The van der Waals surface area contributed by atoms with Crippen LogP contribution in [0.2, 0.25) is 10.0 Å². The van der Waals surface area contributed by atoms with Gasteiger partial charge in [-0.3, -0.25) is 0 Å². The van der Waals surface area contributed by atoms with Crippen LogP contribution in [0.5, 0.6) is 5.75 Å². The van der Waals surface area contributed by atoms with Crippen molar-refractivity contribution in [1.82, 2.24) is 3.97 Å². The van der Waals surface area contributed by atoms with Gasteiger partial charge in [0.1, 0.15) is 5.75 Å². The highest BCUT2D eigenvalue weighted by Crippen LogP contribution is 2.35. The largest absolute Gasteiger partial charge is 0.573 e. The zero-order chi connectivity index (χ0) is 26.3. The Morgan fingerprint density at radius 1 is 1.00 bits per heavy atom. The Bertz CT molecular complexity index is 1570. The van der Waals surface area contributed by atoms with E-state index in [0.717, 1.165) is 16.1 Å². The SMILES string of the molecule is COC(=O)c1ccc(Cl)c(Cc2cc3ccc(OC(F)(F)F)cc3n2S(=O)(=O)c2ccccc2)c1Cl. The van der Waals surface area contributed by atoms with Crippen LogP contribution in [0.25, 0.3) is 10.9 Å². The second kappa shape index (κ2) is 9.68. The Morgan fingerprint density at radius 2 is 1.69 bits per heavy atom. The maximum absolute atomic E-state index is 13.7. The standard InChI is InChI=1S/C24H16Cl2F3NO5S/c1-34-23(31)18-9-10-20(25)19(22(18)26)12-15-11-14-7-8-16(35-24(27,28)29)13-21(14)30(15)36(32,33)17-5-3-2-4-6-17/h2-11,13H,12H2,1H3. The summed E-state index contributed by atoms with van der Waals surface area (Å²) in [5.41, 5.74) is 0.351. The molecule has 4 rings (SSSR count). The van der Waals surface area contributed by atoms with Gasteiger partial charge in [0.25, 0.3) is 10.0 Å². The second-order valence-corrected chi connectivity index (χ2v) is 10.1. The van der Waals surface area contributed by atoms with Gasteiger partial charge in [-0.1, -0.05) is 41.4 Å². The summed E-state index contributed by atoms with van der Waals surface area (Å²) in [6, 6.07) is 15.0. The van der Waals surface area contributed by atoms with Crippen LogP contribution in [-0.2, 0) is 21.2 Å². The number of alkyl halides is 3. The van der Waals surface area contributed by atoms with Crippen molar-refractivity contribution in [3.63, 3.8) is 0 Å². The lowest BCUT2D eigenvalue weighted by Crippen LogP contribution is -2.18. The van der Waals surface area contributed by atoms with Crippen molar-refractivity contribution in [2.24, 2.45) is 0 Å². The maximum atomic E-state index is 13.7. The van der Waals surface area contributed by atoms with Gasteiger partial charge in [0, 0.05) is 28.6 Å². The van der Waals surface area contributed by atoms with E-state index < -0.39 is 28.1 Å². The number of benzene rings is 3. The molecule has 12 heteroatoms. The first-order valence-corrected chi connectivity index (χ1v) is 12.4. The van der Waals surface area contributed by atoms with Crippen molar-refractivity contribution in [2.45, 2.75) is 17.7 Å². The van der Waals surface area contributed by atoms with E-state index >= 15 is 0 Å². The zero-order valence-electron chi connectivity index (χ0n) is 18.3. The average molecular weight is 558 g/mol. The second-order valence-electron chi connectivity index (χ2n) is 7.54. The van der Waals surface area contributed by atoms with Gasteiger partial charge in [-0.2, -0.15) is 0 Å². The van der Waals surface area contributed by atoms with Crippen LogP contribution in [0.4, 0.5) is 13.2 Å². The Labute approximate surface area is 213 Å². The molecule has 4 aromatic rings. The molecule has 0 atom stereocenters. The van der Waals surface area contributed by atoms with E-state index in [2.05, 4.69) is 4.74 Å². The molecular formula is C24H16Cl2F3NO5S. The van der Waals surface area contributed by atoms with Crippen LogP contribution in [0.1, 0.15) is 21.6 Å². The van der Waals surface area contributed by atoms with Crippen molar-refractivity contribution in [1.29, 1.82) is 0 Å². The third-order valence-corrected chi connectivity index (χ3v) is 7.83. The van der Waals surface area contributed by atoms with Crippen LogP contribution in [0.3, 0.4) is 0 Å². The summed E-state index contributed by atoms with van der Waals surface area (Å²) in [6.07, 6.45) is -5.14. The maximum Gasteiger partial charge on any atom is 0.573 e. The summed E-state index contributed by atoms with van der Waals surface area (Å²) in [5.74, 6) is -1.31. The molecule has 0 aliphatic rings. The minimum absolute atomic E-state index is 0.0213. The molecule has 1 aromatic heterocycles. The lowest BCUT2D eigenvalue weighted by atomic mass is 10.1. The number of nitrogens with zero attached hydrogens (tertiary/aromatic N) is 1. The highest BCUT2D eigenvalue weighted by molar-refractivity contribution is 7.90. The van der Waals surface area contributed by atoms with Crippen molar-refractivity contribution in [3.05, 3.63) is 93.6 Å². The molecule has 0 fully saturated rings. The van der Waals surface area contributed by atoms with Crippen LogP contribution in [0, 0.1) is 0 Å². The van der Waals surface area contributed by atoms with Crippen molar-refractivity contribution < 1.29 is 35.9 Å². The number of halogens is 5. The van der Waals surface area contributed by atoms with Gasteiger partial charge < -0.3 is 9.47 Å². The third-order valence-electron chi connectivity index (χ3n) is 5.27. The van der Waals surface area contributed by atoms with Crippen molar-refractivity contribution in [3.8, 4) is 5.75 Å². The number of esters is 1. The fraction of sp³-hybridized carbons (Fsp3) is 0.125. The molecule has 6 nitrogen and oxygen atoms in total. The molecule has 0 unspecified atom stereocenters. The molecular weight excluding hydrogens is 542 g/mol. The molecule has 0 spiro atoms. The molecule has 0 N–H and O–H groups in total. The number of fused-ring (bicyclic) bond motifs is 1. The Kier molecular flexibility index (Phi) is 6.96. The van der Waals surface area contributed by atoms with Crippen molar-refractivity contribution in [2.75, 3.05) is 7.11 Å². The zero-order valence-corrected chi connectivity index (χ0v) is 20.7. The molecule has 0 aliphatic carbocycles. The summed E-state index contributed by atoms with van der Waals surface area (Å²) in [6.45, 7) is 0. The summed E-state index contributed by atoms with van der Waals surface area (Å²) >= 11 is 12.8. The Morgan fingerprint density at radius 3 is 2.33 bits per heavy atom. The number of methoxy groups -OCH3 is 1. The van der Waals surface area contributed by atoms with E-state index in [1.807, 2.05) is 0 Å². The molecule has 0 amide bonds. The topological polar surface area (TPSA) is 74.6 Å². The van der Waals surface area contributed by atoms with E-state index in [0.29, 0.717) is 5.39 Å². The molecule has 0 saturated carbocycles. The Balaban J connectivity index is 1.96. The first-order chi connectivity index (χ1) is 16.9. The number of carbonyl (C=O) groups is 1. The molecule has 1 heterocycles. The van der Waals surface area contributed by atoms with E-state index in [-0.39, 0.29) is 43.7 Å². The number of carbonyl (C=O) groups excluding carboxylic acids is 1. The molecule has 36 heavy (non-hydrogen) atoms. The molecule has 0 bridgehead atoms. The fourth-order valence-corrected chi connectivity index (χ4v) is 5.86. The summed E-state index contributed by atoms with van der Waals surface area (Å²) in [7, 11) is -3.11. The lowest BCUT2D eigenvalue weighted by Gasteiger charge is -2.15. The molecule has 0 aliphatic heterocycles. The summed E-state index contributed by atoms with van der Waals surface area (Å²) in [4.78, 5) is 12.0. The molecule has 188 valence electrons. The van der Waals surface area contributed by atoms with Crippen LogP contribution >= 0.6 is 23.2 Å². The predicted molar refractivity (Wildman–Crippen MR) is 128 cm³/mol. The average Bonchev–Trinajstić information content (AvgIpc) is 3.19. The van der Waals surface area contributed by atoms with E-state index in [4.69, 9.17) is 27.9 Å². The van der Waals surface area contributed by atoms with Gasteiger partial charge in [0.15, 0.2) is 0 Å². The smallest absolute Gasteiger partial charge is 0.465 e. The Hall–Kier alpha value is -3.21. The number of aromatic nitrogens is 1. The van der Waals surface area contributed by atoms with Crippen molar-refractivity contribution >= 4 is 50.1 Å². The monoisotopic (exact) mass is 557 g/mol. The van der Waals surface area contributed by atoms with Gasteiger partial charge in [-0.15, -0.1) is 13.2 Å². The first kappa shape index (κ1) is 25.9. The predicted octanol–water partition coefficient (Wildman–Crippen LogP) is 6.46. The van der Waals surface area contributed by atoms with Gasteiger partial charge in [-0.05, 0) is 48.0 Å². The molecule has 3 aromatic carbocycles. The normalized spacial score (nSPS) is 12.1. The van der Waals surface area contributed by atoms with Crippen LogP contribution in [-0.4, -0.2) is 31.8 Å². The number of rotatable bonds is 6. The van der Waals surface area contributed by atoms with Gasteiger partial charge in [0.05, 0.1) is 28.1 Å². The van der Waals surface area contributed by atoms with E-state index in [1.54, 1.807) is 6.07 Å². The van der Waals surface area contributed by atoms with Gasteiger partial charge in [0.2, 0.25) is 0 Å². The highest BCUT2D eigenvalue weighted by atomic mass is 35.5. The quantitative estimate of drug-likeness (QED) is 0.254. The van der Waals surface area contributed by atoms with E-state index in [1.165, 1.54) is 55.6 Å². The summed E-state index contributed by atoms with van der Waals surface area (Å²) in [5, 5.41) is 0.447. The highest BCUT2D eigenvalue weighted by Gasteiger charge is 2.32. The summed E-state index contributed by atoms with van der Waals surface area (Å²) < 4.78 is 75.5.